The Bertz CT molecular complexity index is 876. The third-order valence-corrected chi connectivity index (χ3v) is 10.2. The summed E-state index contributed by atoms with van der Waals surface area (Å²) < 4.78 is 0. The molecule has 2 aliphatic carbocycles. The Labute approximate surface area is 255 Å². The highest BCUT2D eigenvalue weighted by atomic mass is 35.5. The lowest BCUT2D eigenvalue weighted by Gasteiger charge is -2.43. The van der Waals surface area contributed by atoms with Gasteiger partial charge in [0.05, 0.1) is 12.8 Å². The van der Waals surface area contributed by atoms with E-state index in [-0.39, 0.29) is 36.6 Å². The van der Waals surface area contributed by atoms with Gasteiger partial charge in [-0.1, -0.05) is 49.9 Å². The van der Waals surface area contributed by atoms with Crippen LogP contribution in [0.5, 0.6) is 0 Å². The Morgan fingerprint density at radius 2 is 0.975 bits per heavy atom. The van der Waals surface area contributed by atoms with Crippen LogP contribution in [0.15, 0.2) is 24.3 Å². The molecular weight excluding hydrogens is 543 g/mol. The summed E-state index contributed by atoms with van der Waals surface area (Å²) in [4.78, 5) is 36.5. The van der Waals surface area contributed by atoms with Gasteiger partial charge in [0.15, 0.2) is 0 Å². The van der Waals surface area contributed by atoms with Crippen LogP contribution in [0.3, 0.4) is 0 Å². The van der Waals surface area contributed by atoms with Crippen LogP contribution in [0.2, 0.25) is 0 Å². The average molecular weight is 596 g/mol. The summed E-state index contributed by atoms with van der Waals surface area (Å²) in [5.74, 6) is 0.381. The quantitative estimate of drug-likeness (QED) is 0.407. The number of rotatable bonds is 8. The molecule has 2 saturated heterocycles. The molecule has 4 unspecified atom stereocenters. The van der Waals surface area contributed by atoms with Crippen LogP contribution in [0.4, 0.5) is 0 Å². The van der Waals surface area contributed by atoms with E-state index in [0.29, 0.717) is 37.0 Å². The fourth-order valence-electron chi connectivity index (χ4n) is 7.93. The average Bonchev–Trinajstić information content (AvgIpc) is 3.68. The molecule has 0 N–H and O–H groups in total. The molecule has 4 aliphatic rings. The van der Waals surface area contributed by atoms with E-state index in [0.717, 1.165) is 24.0 Å². The van der Waals surface area contributed by atoms with Gasteiger partial charge in [-0.05, 0) is 88.7 Å². The van der Waals surface area contributed by atoms with Gasteiger partial charge in [-0.2, -0.15) is 0 Å². The van der Waals surface area contributed by atoms with Crippen LogP contribution in [-0.4, -0.2) is 95.9 Å². The van der Waals surface area contributed by atoms with Crippen molar-refractivity contribution >= 4 is 36.6 Å². The van der Waals surface area contributed by atoms with Crippen LogP contribution < -0.4 is 0 Å². The third kappa shape index (κ3) is 7.73. The van der Waals surface area contributed by atoms with E-state index in [9.17, 15) is 9.59 Å². The lowest BCUT2D eigenvalue weighted by molar-refractivity contribution is -0.134. The number of halogens is 2. The number of benzene rings is 1. The monoisotopic (exact) mass is 594 g/mol. The Hall–Kier alpha value is -1.34. The van der Waals surface area contributed by atoms with E-state index >= 15 is 0 Å². The standard InChI is InChI=1S/C32H50N4O2.2ClH/c1-33(27-15-5-7-17-29(27)35-19-9-10-20-35)31(37)23-25-13-3-4-14-26(25)24-32(38)34(2)28-16-6-8-18-30(28)36-21-11-12-22-36;;/h3-4,13-14,27-30H,5-12,15-24H2,1-2H3;2*1H. The number of nitrogens with zero attached hydrogens (tertiary/aromatic N) is 4. The minimum atomic E-state index is 0. The molecule has 2 saturated carbocycles. The molecule has 8 heteroatoms. The molecule has 1 aromatic rings. The number of carbonyl (C=O) groups excluding carboxylic acids is 2. The van der Waals surface area contributed by atoms with Gasteiger partial charge < -0.3 is 9.80 Å². The summed E-state index contributed by atoms with van der Waals surface area (Å²) in [5, 5.41) is 0. The maximum Gasteiger partial charge on any atom is 0.227 e. The van der Waals surface area contributed by atoms with Crippen molar-refractivity contribution in [3.8, 4) is 0 Å². The third-order valence-electron chi connectivity index (χ3n) is 10.2. The minimum absolute atomic E-state index is 0. The topological polar surface area (TPSA) is 47.1 Å². The largest absolute Gasteiger partial charge is 0.341 e. The van der Waals surface area contributed by atoms with E-state index in [1.807, 2.05) is 26.2 Å². The zero-order valence-electron chi connectivity index (χ0n) is 24.8. The SMILES string of the molecule is CN(C(=O)Cc1ccccc1CC(=O)N(C)C1CCCCC1N1CCCC1)C1CCCCC1N1CCCC1.Cl.Cl. The Morgan fingerprint density at radius 1 is 0.625 bits per heavy atom. The molecule has 4 fully saturated rings. The molecule has 5 rings (SSSR count). The fourth-order valence-corrected chi connectivity index (χ4v) is 7.93. The van der Waals surface area contributed by atoms with Crippen LogP contribution in [0.25, 0.3) is 0 Å². The maximum absolute atomic E-state index is 13.6. The highest BCUT2D eigenvalue weighted by Crippen LogP contribution is 2.31. The lowest BCUT2D eigenvalue weighted by Crippen LogP contribution is -2.53. The summed E-state index contributed by atoms with van der Waals surface area (Å²) in [6.07, 6.45) is 15.5. The molecule has 0 bridgehead atoms. The molecule has 0 spiro atoms. The zero-order chi connectivity index (χ0) is 26.5. The van der Waals surface area contributed by atoms with Crippen molar-refractivity contribution < 1.29 is 9.59 Å². The molecule has 6 nitrogen and oxygen atoms in total. The van der Waals surface area contributed by atoms with Gasteiger partial charge in [0.1, 0.15) is 0 Å². The molecular formula is C32H52Cl2N4O2. The number of carbonyl (C=O) groups is 2. The van der Waals surface area contributed by atoms with Gasteiger partial charge in [0.2, 0.25) is 11.8 Å². The summed E-state index contributed by atoms with van der Waals surface area (Å²) in [7, 11) is 4.04. The number of amides is 2. The molecule has 2 aliphatic heterocycles. The van der Waals surface area contributed by atoms with E-state index in [1.54, 1.807) is 0 Å². The normalized spacial score (nSPS) is 27.4. The van der Waals surface area contributed by atoms with Crippen LogP contribution in [0.1, 0.15) is 88.2 Å². The highest BCUT2D eigenvalue weighted by Gasteiger charge is 2.37. The summed E-state index contributed by atoms with van der Waals surface area (Å²) >= 11 is 0. The van der Waals surface area contributed by atoms with Crippen LogP contribution in [0, 0.1) is 0 Å². The lowest BCUT2D eigenvalue weighted by atomic mass is 9.87. The smallest absolute Gasteiger partial charge is 0.227 e. The first kappa shape index (κ1) is 33.2. The second-order valence-corrected chi connectivity index (χ2v) is 12.5. The zero-order valence-corrected chi connectivity index (χ0v) is 26.4. The summed E-state index contributed by atoms with van der Waals surface area (Å²) in [5.41, 5.74) is 2.03. The first-order valence-corrected chi connectivity index (χ1v) is 15.6. The maximum atomic E-state index is 13.6. The first-order chi connectivity index (χ1) is 18.5. The number of likely N-dealkylation sites (tertiary alicyclic amines) is 2. The van der Waals surface area contributed by atoms with Gasteiger partial charge in [0.25, 0.3) is 0 Å². The van der Waals surface area contributed by atoms with Gasteiger partial charge in [-0.15, -0.1) is 24.8 Å². The van der Waals surface area contributed by atoms with Crippen molar-refractivity contribution in [1.82, 2.24) is 19.6 Å². The molecule has 0 aromatic heterocycles. The Balaban J connectivity index is 0.00000220. The molecule has 40 heavy (non-hydrogen) atoms. The summed E-state index contributed by atoms with van der Waals surface area (Å²) in [6.45, 7) is 4.73. The van der Waals surface area contributed by atoms with Crippen LogP contribution >= 0.6 is 24.8 Å². The Morgan fingerprint density at radius 3 is 1.35 bits per heavy atom. The van der Waals surface area contributed by atoms with Crippen molar-refractivity contribution in [1.29, 1.82) is 0 Å². The van der Waals surface area contributed by atoms with E-state index < -0.39 is 0 Å². The van der Waals surface area contributed by atoms with Gasteiger partial charge in [0, 0.05) is 38.3 Å². The van der Waals surface area contributed by atoms with Crippen molar-refractivity contribution in [3.05, 3.63) is 35.4 Å². The van der Waals surface area contributed by atoms with Crippen molar-refractivity contribution in [2.24, 2.45) is 0 Å². The van der Waals surface area contributed by atoms with E-state index in [4.69, 9.17) is 0 Å². The molecule has 0 radical (unpaired) electrons. The van der Waals surface area contributed by atoms with Crippen molar-refractivity contribution in [2.75, 3.05) is 40.3 Å². The van der Waals surface area contributed by atoms with Gasteiger partial charge >= 0.3 is 0 Å². The molecule has 4 atom stereocenters. The number of hydrogen-bond acceptors (Lipinski definition) is 4. The molecule has 2 amide bonds. The van der Waals surface area contributed by atoms with Crippen molar-refractivity contribution in [2.45, 2.75) is 114 Å². The predicted molar refractivity (Wildman–Crippen MR) is 168 cm³/mol. The molecule has 1 aromatic carbocycles. The predicted octanol–water partition coefficient (Wildman–Crippen LogP) is 5.35. The van der Waals surface area contributed by atoms with Gasteiger partial charge in [-0.3, -0.25) is 19.4 Å². The fraction of sp³-hybridized carbons (Fsp3) is 0.750. The van der Waals surface area contributed by atoms with Crippen LogP contribution in [-0.2, 0) is 22.4 Å². The number of likely N-dealkylation sites (N-methyl/N-ethyl adjacent to an activating group) is 2. The second kappa shape index (κ2) is 15.8. The van der Waals surface area contributed by atoms with E-state index in [1.165, 1.54) is 90.4 Å². The molecule has 226 valence electrons. The molecule has 2 heterocycles. The first-order valence-electron chi connectivity index (χ1n) is 15.6. The van der Waals surface area contributed by atoms with E-state index in [2.05, 4.69) is 31.7 Å². The Kier molecular flexibility index (Phi) is 13.1. The van der Waals surface area contributed by atoms with Crippen molar-refractivity contribution in [3.63, 3.8) is 0 Å². The second-order valence-electron chi connectivity index (χ2n) is 12.5. The highest BCUT2D eigenvalue weighted by molar-refractivity contribution is 5.85. The van der Waals surface area contributed by atoms with Gasteiger partial charge in [-0.25, -0.2) is 0 Å². The minimum Gasteiger partial charge on any atom is -0.341 e. The summed E-state index contributed by atoms with van der Waals surface area (Å²) in [6, 6.07) is 9.76. The number of hydrogen-bond donors (Lipinski definition) is 0.